The van der Waals surface area contributed by atoms with E-state index in [4.69, 9.17) is 9.47 Å². The average Bonchev–Trinajstić information content (AvgIpc) is 2.97. The Labute approximate surface area is 263 Å². The molecule has 250 valence electrons. The maximum absolute atomic E-state index is 14.4. The van der Waals surface area contributed by atoms with Crippen molar-refractivity contribution < 1.29 is 39.8 Å². The topological polar surface area (TPSA) is 137 Å². The Hall–Kier alpha value is -1.03. The van der Waals surface area contributed by atoms with E-state index in [9.17, 15) is 30.3 Å². The number of esters is 1. The molecule has 6 aliphatic rings. The second-order valence-corrected chi connectivity index (χ2v) is 17.3. The van der Waals surface area contributed by atoms with Crippen molar-refractivity contribution >= 4 is 5.97 Å². The lowest BCUT2D eigenvalue weighted by atomic mass is 9.33. The first-order valence-electron chi connectivity index (χ1n) is 17.4. The van der Waals surface area contributed by atoms with Crippen molar-refractivity contribution in [3.63, 3.8) is 0 Å². The SMILES string of the molecule is C[C@@H]1[C@H]2C3=CC[C@@H]4[C@@]5(C)CC[C@H](O)C(C)(C)[C@@H]5CC[C@@]4(C)[C@]3(C)CC[C@@]2(C(=O)O[C@@H]2O[C@H](CO)[C@@H](O)[C@H](O)[C@H]2O)CC[C@@H]1C. The molecule has 1 heterocycles. The molecule has 1 aliphatic heterocycles. The largest absolute Gasteiger partial charge is 0.432 e. The van der Waals surface area contributed by atoms with Crippen molar-refractivity contribution in [2.24, 2.45) is 56.7 Å². The maximum atomic E-state index is 14.4. The van der Waals surface area contributed by atoms with Gasteiger partial charge in [-0.05, 0) is 109 Å². The van der Waals surface area contributed by atoms with Crippen molar-refractivity contribution in [2.45, 2.75) is 143 Å². The second-order valence-electron chi connectivity index (χ2n) is 17.3. The smallest absolute Gasteiger partial charge is 0.315 e. The molecule has 0 bridgehead atoms. The number of carbonyl (C=O) groups excluding carboxylic acids is 1. The lowest BCUT2D eigenvalue weighted by Gasteiger charge is -2.71. The summed E-state index contributed by atoms with van der Waals surface area (Å²) >= 11 is 0. The molecule has 0 unspecified atom stereocenters. The molecule has 0 amide bonds. The summed E-state index contributed by atoms with van der Waals surface area (Å²) in [5.74, 6) is 1.26. The number of carbonyl (C=O) groups is 1. The minimum Gasteiger partial charge on any atom is -0.432 e. The van der Waals surface area contributed by atoms with Gasteiger partial charge in [-0.2, -0.15) is 0 Å². The van der Waals surface area contributed by atoms with Gasteiger partial charge in [0.05, 0.1) is 18.1 Å². The Morgan fingerprint density at radius 2 is 1.59 bits per heavy atom. The second kappa shape index (κ2) is 10.7. The molecule has 0 aromatic rings. The molecule has 6 rings (SSSR count). The number of aliphatic hydroxyl groups excluding tert-OH is 5. The molecule has 5 aliphatic carbocycles. The van der Waals surface area contributed by atoms with Gasteiger partial charge in [0.25, 0.3) is 0 Å². The highest BCUT2D eigenvalue weighted by Crippen LogP contribution is 2.75. The Kier molecular flexibility index (Phi) is 8.03. The van der Waals surface area contributed by atoms with E-state index in [0.29, 0.717) is 30.6 Å². The highest BCUT2D eigenvalue weighted by atomic mass is 16.7. The molecule has 0 aromatic carbocycles. The summed E-state index contributed by atoms with van der Waals surface area (Å²) in [6, 6.07) is 0. The fraction of sp³-hybridized carbons (Fsp3) is 0.917. The molecule has 0 radical (unpaired) electrons. The van der Waals surface area contributed by atoms with Crippen molar-refractivity contribution in [3.8, 4) is 0 Å². The summed E-state index contributed by atoms with van der Waals surface area (Å²) in [6.45, 7) is 16.1. The number of allylic oxidation sites excluding steroid dienone is 2. The molecule has 8 heteroatoms. The molecular weight excluding hydrogens is 560 g/mol. The minimum absolute atomic E-state index is 0.00434. The first kappa shape index (κ1) is 32.9. The third-order valence-corrected chi connectivity index (χ3v) is 15.4. The van der Waals surface area contributed by atoms with Gasteiger partial charge in [-0.15, -0.1) is 0 Å². The van der Waals surface area contributed by atoms with Crippen molar-refractivity contribution in [1.82, 2.24) is 0 Å². The van der Waals surface area contributed by atoms with Crippen LogP contribution in [0.4, 0.5) is 0 Å². The highest BCUT2D eigenvalue weighted by molar-refractivity contribution is 5.79. The fourth-order valence-corrected chi connectivity index (χ4v) is 12.2. The van der Waals surface area contributed by atoms with Gasteiger partial charge in [0.15, 0.2) is 0 Å². The van der Waals surface area contributed by atoms with Gasteiger partial charge in [0.1, 0.15) is 24.4 Å². The van der Waals surface area contributed by atoms with Crippen LogP contribution in [0.3, 0.4) is 0 Å². The van der Waals surface area contributed by atoms with Crippen LogP contribution in [0.1, 0.15) is 106 Å². The minimum atomic E-state index is -1.61. The molecule has 44 heavy (non-hydrogen) atoms. The predicted octanol–water partition coefficient (Wildman–Crippen LogP) is 4.35. The van der Waals surface area contributed by atoms with E-state index >= 15 is 0 Å². The molecule has 8 nitrogen and oxygen atoms in total. The number of fused-ring (bicyclic) bond motifs is 7. The summed E-state index contributed by atoms with van der Waals surface area (Å²) in [4.78, 5) is 14.4. The van der Waals surface area contributed by atoms with Crippen molar-refractivity contribution in [3.05, 3.63) is 11.6 Å². The predicted molar refractivity (Wildman–Crippen MR) is 165 cm³/mol. The van der Waals surface area contributed by atoms with Gasteiger partial charge in [0, 0.05) is 0 Å². The zero-order valence-electron chi connectivity index (χ0n) is 28.0. The van der Waals surface area contributed by atoms with Crippen LogP contribution in [0.15, 0.2) is 11.6 Å². The van der Waals surface area contributed by atoms with Crippen molar-refractivity contribution in [2.75, 3.05) is 6.61 Å². The van der Waals surface area contributed by atoms with Gasteiger partial charge in [-0.1, -0.05) is 60.1 Å². The fourth-order valence-electron chi connectivity index (χ4n) is 12.2. The van der Waals surface area contributed by atoms with Crippen LogP contribution in [-0.2, 0) is 14.3 Å². The number of hydrogen-bond donors (Lipinski definition) is 5. The molecule has 1 saturated heterocycles. The van der Waals surface area contributed by atoms with Crippen LogP contribution in [0.5, 0.6) is 0 Å². The molecular formula is C36H58O8. The Morgan fingerprint density at radius 1 is 0.886 bits per heavy atom. The third kappa shape index (κ3) is 4.26. The normalized spacial score (nSPS) is 55.0. The van der Waals surface area contributed by atoms with E-state index in [2.05, 4.69) is 54.5 Å². The monoisotopic (exact) mass is 618 g/mol. The Morgan fingerprint density at radius 3 is 2.27 bits per heavy atom. The lowest BCUT2D eigenvalue weighted by Crippen LogP contribution is -2.66. The van der Waals surface area contributed by atoms with Gasteiger partial charge in [-0.25, -0.2) is 0 Å². The van der Waals surface area contributed by atoms with Crippen LogP contribution < -0.4 is 0 Å². The zero-order chi connectivity index (χ0) is 32.2. The maximum Gasteiger partial charge on any atom is 0.315 e. The van der Waals surface area contributed by atoms with E-state index in [-0.39, 0.29) is 39.6 Å². The quantitative estimate of drug-likeness (QED) is 0.233. The van der Waals surface area contributed by atoms with Crippen molar-refractivity contribution in [1.29, 1.82) is 0 Å². The summed E-state index contributed by atoms with van der Waals surface area (Å²) in [6.07, 6.45) is 3.22. The third-order valence-electron chi connectivity index (χ3n) is 15.4. The van der Waals surface area contributed by atoms with E-state index in [1.165, 1.54) is 5.57 Å². The Bertz CT molecular complexity index is 1170. The number of hydrogen-bond acceptors (Lipinski definition) is 8. The molecule has 0 aromatic heterocycles. The van der Waals surface area contributed by atoms with Crippen LogP contribution in [0, 0.1) is 56.7 Å². The lowest BCUT2D eigenvalue weighted by molar-refractivity contribution is -0.297. The summed E-state index contributed by atoms with van der Waals surface area (Å²) in [7, 11) is 0. The van der Waals surface area contributed by atoms with Gasteiger partial charge >= 0.3 is 5.97 Å². The van der Waals surface area contributed by atoms with Crippen LogP contribution in [0.2, 0.25) is 0 Å². The number of ether oxygens (including phenoxy) is 2. The highest BCUT2D eigenvalue weighted by Gasteiger charge is 2.70. The van der Waals surface area contributed by atoms with Gasteiger partial charge < -0.3 is 35.0 Å². The van der Waals surface area contributed by atoms with E-state index in [1.807, 2.05) is 0 Å². The molecule has 15 atom stereocenters. The molecule has 4 saturated carbocycles. The van der Waals surface area contributed by atoms with Crippen LogP contribution in [-0.4, -0.2) is 74.9 Å². The molecule has 5 N–H and O–H groups in total. The van der Waals surface area contributed by atoms with E-state index < -0.39 is 48.7 Å². The zero-order valence-corrected chi connectivity index (χ0v) is 28.0. The first-order valence-corrected chi connectivity index (χ1v) is 17.4. The first-order chi connectivity index (χ1) is 20.5. The standard InChI is InChI=1S/C36H58O8/c1-19-10-15-36(31(42)44-30-29(41)28(40)27(39)22(18-37)43-30)17-16-34(6)21(26(36)20(19)2)8-9-24-33(5)13-12-25(38)32(3,4)23(33)11-14-35(24,34)7/h8,19-20,22-30,37-41H,9-18H2,1-7H3/t19-,20-,22+,23-,24+,25-,26-,27+,28-,29+,30-,33-,34+,35+,36-/m0/s1. The molecule has 5 fully saturated rings. The summed E-state index contributed by atoms with van der Waals surface area (Å²) in [5, 5.41) is 52.0. The van der Waals surface area contributed by atoms with Crippen LogP contribution in [0.25, 0.3) is 0 Å². The summed E-state index contributed by atoms with van der Waals surface area (Å²) in [5.41, 5.74) is 0.661. The Balaban J connectivity index is 1.36. The number of rotatable bonds is 3. The average molecular weight is 619 g/mol. The molecule has 0 spiro atoms. The van der Waals surface area contributed by atoms with E-state index in [0.717, 1.165) is 44.9 Å². The van der Waals surface area contributed by atoms with Gasteiger partial charge in [-0.3, -0.25) is 4.79 Å². The number of aliphatic hydroxyl groups is 5. The van der Waals surface area contributed by atoms with Gasteiger partial charge in [0.2, 0.25) is 6.29 Å². The summed E-state index contributed by atoms with van der Waals surface area (Å²) < 4.78 is 11.6. The van der Waals surface area contributed by atoms with Crippen LogP contribution >= 0.6 is 0 Å². The van der Waals surface area contributed by atoms with E-state index in [1.54, 1.807) is 0 Å².